The van der Waals surface area contributed by atoms with E-state index in [0.29, 0.717) is 17.0 Å². The van der Waals surface area contributed by atoms with Gasteiger partial charge in [-0.15, -0.1) is 0 Å². The number of aliphatic carboxylic acids is 1. The molecule has 42 heavy (non-hydrogen) atoms. The summed E-state index contributed by atoms with van der Waals surface area (Å²) in [6.07, 6.45) is 1.99. The van der Waals surface area contributed by atoms with Gasteiger partial charge < -0.3 is 20.1 Å². The molecule has 14 heteroatoms. The normalized spacial score (nSPS) is 11.6. The van der Waals surface area contributed by atoms with Crippen molar-refractivity contribution in [3.8, 4) is 23.1 Å². The molecule has 0 radical (unpaired) electrons. The van der Waals surface area contributed by atoms with Crippen molar-refractivity contribution in [2.75, 3.05) is 12.4 Å². The fraction of sp³-hybridized carbons (Fsp3) is 0.143. The first-order valence-electron chi connectivity index (χ1n) is 12.2. The quantitative estimate of drug-likeness (QED) is 0.238. The van der Waals surface area contributed by atoms with Gasteiger partial charge in [0, 0.05) is 28.9 Å². The number of carboxylic acids is 1. The van der Waals surface area contributed by atoms with E-state index in [9.17, 15) is 23.2 Å². The van der Waals surface area contributed by atoms with E-state index in [-0.39, 0.29) is 18.4 Å². The lowest BCUT2D eigenvalue weighted by atomic mass is 10.0. The first-order valence-corrected chi connectivity index (χ1v) is 12.2. The maximum Gasteiger partial charge on any atom is 0.490 e. The number of amides is 1. The van der Waals surface area contributed by atoms with Crippen LogP contribution in [0, 0.1) is 11.3 Å². The molecule has 0 saturated carbocycles. The second-order valence-corrected chi connectivity index (χ2v) is 8.63. The van der Waals surface area contributed by atoms with E-state index in [0.717, 1.165) is 27.9 Å². The number of hydrogen-bond donors (Lipinski definition) is 3. The number of aromatic amines is 1. The smallest absolute Gasteiger partial charge is 0.490 e. The number of H-pyrrole nitrogens is 1. The second-order valence-electron chi connectivity index (χ2n) is 8.63. The Labute approximate surface area is 236 Å². The first kappa shape index (κ1) is 29.3. The molecule has 0 aliphatic carbocycles. The SMILES string of the molecule is COc1ccccc1NC(=O)c1cccc(C(CC#N)n2cc(-c3ncnc4[nH]ccc34)cn2)c1.O=C(O)C(F)(F)F. The number of nitrogens with one attached hydrogen (secondary N) is 2. The largest absolute Gasteiger partial charge is 0.495 e. The van der Waals surface area contributed by atoms with Gasteiger partial charge in [-0.2, -0.15) is 23.5 Å². The molecule has 5 rings (SSSR count). The Bertz CT molecular complexity index is 1760. The minimum absolute atomic E-state index is 0.183. The molecule has 11 nitrogen and oxygen atoms in total. The third kappa shape index (κ3) is 6.70. The van der Waals surface area contributed by atoms with Gasteiger partial charge in [0.15, 0.2) is 0 Å². The number of methoxy groups -OCH3 is 1. The van der Waals surface area contributed by atoms with Crippen molar-refractivity contribution >= 4 is 28.6 Å². The van der Waals surface area contributed by atoms with Gasteiger partial charge in [0.1, 0.15) is 17.7 Å². The molecule has 0 aliphatic heterocycles. The van der Waals surface area contributed by atoms with Crippen LogP contribution >= 0.6 is 0 Å². The van der Waals surface area contributed by atoms with Gasteiger partial charge in [0.2, 0.25) is 0 Å². The van der Waals surface area contributed by atoms with Gasteiger partial charge in [-0.25, -0.2) is 14.8 Å². The van der Waals surface area contributed by atoms with E-state index in [1.165, 1.54) is 6.33 Å². The number of para-hydroxylation sites is 2. The van der Waals surface area contributed by atoms with E-state index in [1.807, 2.05) is 36.7 Å². The molecule has 5 aromatic rings. The van der Waals surface area contributed by atoms with Crippen molar-refractivity contribution in [1.29, 1.82) is 5.26 Å². The van der Waals surface area contributed by atoms with Crippen LogP contribution in [0.3, 0.4) is 0 Å². The minimum atomic E-state index is -5.08. The summed E-state index contributed by atoms with van der Waals surface area (Å²) in [4.78, 5) is 33.6. The van der Waals surface area contributed by atoms with E-state index in [2.05, 4.69) is 31.4 Å². The Hall–Kier alpha value is -5.71. The van der Waals surface area contributed by atoms with Gasteiger partial charge in [0.05, 0.1) is 43.2 Å². The Balaban J connectivity index is 0.000000517. The predicted molar refractivity (Wildman–Crippen MR) is 145 cm³/mol. The van der Waals surface area contributed by atoms with Crippen molar-refractivity contribution in [2.24, 2.45) is 0 Å². The van der Waals surface area contributed by atoms with Crippen molar-refractivity contribution in [2.45, 2.75) is 18.6 Å². The van der Waals surface area contributed by atoms with Gasteiger partial charge in [-0.05, 0) is 35.9 Å². The predicted octanol–water partition coefficient (Wildman–Crippen LogP) is 5.22. The van der Waals surface area contributed by atoms with E-state index >= 15 is 0 Å². The van der Waals surface area contributed by atoms with E-state index in [4.69, 9.17) is 14.6 Å². The van der Waals surface area contributed by atoms with Crippen LogP contribution < -0.4 is 10.1 Å². The number of halogens is 3. The van der Waals surface area contributed by atoms with E-state index in [1.54, 1.807) is 48.3 Å². The number of nitrogens with zero attached hydrogens (tertiary/aromatic N) is 5. The minimum Gasteiger partial charge on any atom is -0.495 e. The average Bonchev–Trinajstić information content (AvgIpc) is 3.66. The number of rotatable bonds is 7. The molecule has 1 atom stereocenters. The molecule has 0 spiro atoms. The standard InChI is InChI=1S/C26H21N7O2.C2HF3O2/c1-35-23-8-3-2-7-21(23)32-26(34)18-6-4-5-17(13-18)22(9-11-27)33-15-19(14-31-33)24-20-10-12-28-25(20)30-16-29-24;3-2(4,5)1(6)7/h2-8,10,12-16,22H,9H2,1H3,(H,32,34)(H,28,29,30);(H,6,7). The van der Waals surface area contributed by atoms with Crippen LogP contribution in [-0.4, -0.2) is 55.0 Å². The molecule has 0 fully saturated rings. The zero-order valence-electron chi connectivity index (χ0n) is 21.8. The number of carboxylic acid groups (broad SMARTS) is 1. The summed E-state index contributed by atoms with van der Waals surface area (Å²) in [6, 6.07) is 18.2. The Morgan fingerprint density at radius 2 is 1.93 bits per heavy atom. The van der Waals surface area contributed by atoms with Crippen LogP contribution in [-0.2, 0) is 4.79 Å². The highest BCUT2D eigenvalue weighted by atomic mass is 19.4. The molecule has 3 N–H and O–H groups in total. The third-order valence-corrected chi connectivity index (χ3v) is 5.96. The monoisotopic (exact) mass is 577 g/mol. The highest BCUT2D eigenvalue weighted by Crippen LogP contribution is 2.29. The lowest BCUT2D eigenvalue weighted by Gasteiger charge is -2.16. The van der Waals surface area contributed by atoms with Crippen LogP contribution in [0.25, 0.3) is 22.3 Å². The zero-order chi connectivity index (χ0) is 30.3. The van der Waals surface area contributed by atoms with Crippen molar-refractivity contribution < 1.29 is 32.6 Å². The third-order valence-electron chi connectivity index (χ3n) is 5.96. The van der Waals surface area contributed by atoms with Gasteiger partial charge in [-0.3, -0.25) is 9.48 Å². The molecule has 0 aliphatic rings. The summed E-state index contributed by atoms with van der Waals surface area (Å²) in [5, 5.41) is 24.9. The number of alkyl halides is 3. The molecule has 3 aromatic heterocycles. The fourth-order valence-electron chi connectivity index (χ4n) is 4.01. The van der Waals surface area contributed by atoms with Crippen LogP contribution in [0.5, 0.6) is 5.75 Å². The van der Waals surface area contributed by atoms with Crippen LogP contribution in [0.4, 0.5) is 18.9 Å². The number of nitriles is 1. The molecule has 1 unspecified atom stereocenters. The number of carbonyl (C=O) groups is 2. The Morgan fingerprint density at radius 1 is 1.17 bits per heavy atom. The molecule has 3 heterocycles. The summed E-state index contributed by atoms with van der Waals surface area (Å²) in [5.74, 6) is -2.46. The van der Waals surface area contributed by atoms with Crippen molar-refractivity contribution in [3.63, 3.8) is 0 Å². The molecule has 0 bridgehead atoms. The number of hydrogen-bond acceptors (Lipinski definition) is 7. The lowest BCUT2D eigenvalue weighted by molar-refractivity contribution is -0.192. The van der Waals surface area contributed by atoms with Gasteiger partial charge in [-0.1, -0.05) is 24.3 Å². The van der Waals surface area contributed by atoms with Crippen LogP contribution in [0.1, 0.15) is 28.4 Å². The topological polar surface area (TPSA) is 159 Å². The summed E-state index contributed by atoms with van der Waals surface area (Å²) < 4.78 is 38.8. The second kappa shape index (κ2) is 12.6. The summed E-state index contributed by atoms with van der Waals surface area (Å²) in [7, 11) is 1.55. The zero-order valence-corrected chi connectivity index (χ0v) is 21.8. The van der Waals surface area contributed by atoms with Crippen molar-refractivity contribution in [3.05, 3.63) is 90.6 Å². The molecule has 0 saturated heterocycles. The van der Waals surface area contributed by atoms with Gasteiger partial charge >= 0.3 is 12.1 Å². The van der Waals surface area contributed by atoms with Crippen molar-refractivity contribution in [1.82, 2.24) is 24.7 Å². The van der Waals surface area contributed by atoms with Gasteiger partial charge in [0.25, 0.3) is 5.91 Å². The maximum absolute atomic E-state index is 13.0. The molecular weight excluding hydrogens is 555 g/mol. The maximum atomic E-state index is 13.0. The van der Waals surface area contributed by atoms with Crippen LogP contribution in [0.15, 0.2) is 79.5 Å². The number of ether oxygens (including phenoxy) is 1. The van der Waals surface area contributed by atoms with E-state index < -0.39 is 12.1 Å². The molecule has 214 valence electrons. The first-order chi connectivity index (χ1) is 20.1. The number of carbonyl (C=O) groups excluding carboxylic acids is 1. The highest BCUT2D eigenvalue weighted by molar-refractivity contribution is 6.05. The fourth-order valence-corrected chi connectivity index (χ4v) is 4.01. The molecule has 2 aromatic carbocycles. The summed E-state index contributed by atoms with van der Waals surface area (Å²) >= 11 is 0. The lowest BCUT2D eigenvalue weighted by Crippen LogP contribution is -2.21. The summed E-state index contributed by atoms with van der Waals surface area (Å²) in [5.41, 5.74) is 4.15. The highest BCUT2D eigenvalue weighted by Gasteiger charge is 2.38. The number of aromatic nitrogens is 5. The Morgan fingerprint density at radius 3 is 2.64 bits per heavy atom. The number of fused-ring (bicyclic) bond motifs is 1. The number of benzene rings is 2. The summed E-state index contributed by atoms with van der Waals surface area (Å²) in [6.45, 7) is 0. The van der Waals surface area contributed by atoms with Crippen LogP contribution in [0.2, 0.25) is 0 Å². The number of anilines is 1. The molecular formula is C28H22F3N7O4. The Kier molecular flexibility index (Phi) is 8.81. The average molecular weight is 578 g/mol. The molecule has 1 amide bonds.